The third kappa shape index (κ3) is 3.90. The first-order valence-corrected chi connectivity index (χ1v) is 10.3. The molecule has 1 N–H and O–H groups in total. The van der Waals surface area contributed by atoms with Crippen molar-refractivity contribution in [2.24, 2.45) is 0 Å². The van der Waals surface area contributed by atoms with Gasteiger partial charge >= 0.3 is 0 Å². The summed E-state index contributed by atoms with van der Waals surface area (Å²) < 4.78 is 0. The standard InChI is InChI=1S/C23H26N2S/c1-18-8-13-22(26-18)23(25-16-5-14-24-15-17-25)21-11-9-20(10-12-21)19-6-3-2-4-7-19/h2-4,6-13,23-24H,5,14-17H2,1H3. The third-order valence-electron chi connectivity index (χ3n) is 5.10. The molecule has 0 radical (unpaired) electrons. The van der Waals surface area contributed by atoms with Crippen LogP contribution < -0.4 is 5.32 Å². The Hall–Kier alpha value is -1.94. The highest BCUT2D eigenvalue weighted by atomic mass is 32.1. The van der Waals surface area contributed by atoms with Gasteiger partial charge in [-0.2, -0.15) is 0 Å². The Balaban J connectivity index is 1.67. The van der Waals surface area contributed by atoms with Crippen LogP contribution in [0, 0.1) is 6.92 Å². The summed E-state index contributed by atoms with van der Waals surface area (Å²) in [5.74, 6) is 0. The van der Waals surface area contributed by atoms with Crippen molar-refractivity contribution in [1.29, 1.82) is 0 Å². The number of hydrogen-bond acceptors (Lipinski definition) is 3. The summed E-state index contributed by atoms with van der Waals surface area (Å²) in [4.78, 5) is 5.48. The molecule has 0 saturated carbocycles. The van der Waals surface area contributed by atoms with E-state index in [-0.39, 0.29) is 0 Å². The van der Waals surface area contributed by atoms with Crippen molar-refractivity contribution in [3.05, 3.63) is 82.0 Å². The topological polar surface area (TPSA) is 15.3 Å². The van der Waals surface area contributed by atoms with Crippen LogP contribution in [-0.2, 0) is 0 Å². The van der Waals surface area contributed by atoms with Crippen LogP contribution in [0.2, 0.25) is 0 Å². The van der Waals surface area contributed by atoms with Gasteiger partial charge in [0.25, 0.3) is 0 Å². The Morgan fingerprint density at radius 1 is 0.846 bits per heavy atom. The monoisotopic (exact) mass is 362 g/mol. The van der Waals surface area contributed by atoms with Crippen LogP contribution >= 0.6 is 11.3 Å². The molecule has 0 bridgehead atoms. The van der Waals surface area contributed by atoms with E-state index in [9.17, 15) is 0 Å². The Morgan fingerprint density at radius 2 is 1.62 bits per heavy atom. The molecule has 1 aromatic heterocycles. The van der Waals surface area contributed by atoms with Gasteiger partial charge in [-0.05, 0) is 48.7 Å². The Bertz CT molecular complexity index is 815. The molecule has 0 aliphatic carbocycles. The summed E-state index contributed by atoms with van der Waals surface area (Å²) in [6.07, 6.45) is 1.21. The van der Waals surface area contributed by atoms with E-state index in [2.05, 4.69) is 83.9 Å². The smallest absolute Gasteiger partial charge is 0.0696 e. The number of thiophene rings is 1. The molecule has 1 fully saturated rings. The van der Waals surface area contributed by atoms with Gasteiger partial charge in [0.15, 0.2) is 0 Å². The van der Waals surface area contributed by atoms with E-state index < -0.39 is 0 Å². The Morgan fingerprint density at radius 3 is 2.35 bits per heavy atom. The zero-order valence-electron chi connectivity index (χ0n) is 15.3. The molecule has 2 heterocycles. The SMILES string of the molecule is Cc1ccc(C(c2ccc(-c3ccccc3)cc2)N2CCCNCC2)s1. The summed E-state index contributed by atoms with van der Waals surface area (Å²) in [5, 5.41) is 3.53. The maximum atomic E-state index is 3.53. The van der Waals surface area contributed by atoms with E-state index >= 15 is 0 Å². The highest BCUT2D eigenvalue weighted by molar-refractivity contribution is 7.12. The van der Waals surface area contributed by atoms with Gasteiger partial charge in [0.1, 0.15) is 0 Å². The number of nitrogens with one attached hydrogen (secondary N) is 1. The van der Waals surface area contributed by atoms with E-state index in [1.165, 1.54) is 32.9 Å². The van der Waals surface area contributed by atoms with Crippen LogP contribution in [0.1, 0.15) is 27.8 Å². The largest absolute Gasteiger partial charge is 0.315 e. The first kappa shape index (κ1) is 17.5. The number of nitrogens with zero attached hydrogens (tertiary/aromatic N) is 1. The molecule has 3 heteroatoms. The Labute approximate surface area is 160 Å². The van der Waals surface area contributed by atoms with Gasteiger partial charge in [-0.25, -0.2) is 0 Å². The van der Waals surface area contributed by atoms with Crippen molar-refractivity contribution in [2.45, 2.75) is 19.4 Å². The molecule has 1 aliphatic rings. The Kier molecular flexibility index (Phi) is 5.49. The maximum Gasteiger partial charge on any atom is 0.0696 e. The molecule has 1 atom stereocenters. The first-order valence-electron chi connectivity index (χ1n) is 9.48. The first-order chi connectivity index (χ1) is 12.8. The summed E-state index contributed by atoms with van der Waals surface area (Å²) in [6, 6.07) is 24.7. The van der Waals surface area contributed by atoms with Crippen LogP contribution in [0.5, 0.6) is 0 Å². The van der Waals surface area contributed by atoms with Crippen molar-refractivity contribution in [3.8, 4) is 11.1 Å². The van der Waals surface area contributed by atoms with Gasteiger partial charge < -0.3 is 5.32 Å². The number of benzene rings is 2. The van der Waals surface area contributed by atoms with E-state index in [4.69, 9.17) is 0 Å². The van der Waals surface area contributed by atoms with Crippen LogP contribution in [0.4, 0.5) is 0 Å². The molecule has 1 unspecified atom stereocenters. The van der Waals surface area contributed by atoms with Crippen molar-refractivity contribution < 1.29 is 0 Å². The fraction of sp³-hybridized carbons (Fsp3) is 0.304. The van der Waals surface area contributed by atoms with Gasteiger partial charge in [-0.1, -0.05) is 54.6 Å². The van der Waals surface area contributed by atoms with Crippen LogP contribution in [0.15, 0.2) is 66.7 Å². The van der Waals surface area contributed by atoms with Crippen LogP contribution in [0.3, 0.4) is 0 Å². The molecule has 4 rings (SSSR count). The number of aryl methyl sites for hydroxylation is 1. The summed E-state index contributed by atoms with van der Waals surface area (Å²) >= 11 is 1.93. The van der Waals surface area contributed by atoms with Gasteiger partial charge in [-0.3, -0.25) is 4.90 Å². The predicted octanol–water partition coefficient (Wildman–Crippen LogP) is 5.11. The molecule has 134 valence electrons. The second-order valence-corrected chi connectivity index (χ2v) is 8.30. The van der Waals surface area contributed by atoms with Gasteiger partial charge in [0, 0.05) is 29.4 Å². The average Bonchev–Trinajstić information content (AvgIpc) is 2.93. The summed E-state index contributed by atoms with van der Waals surface area (Å²) in [7, 11) is 0. The summed E-state index contributed by atoms with van der Waals surface area (Å²) in [6.45, 7) is 6.65. The second kappa shape index (κ2) is 8.17. The summed E-state index contributed by atoms with van der Waals surface area (Å²) in [5.41, 5.74) is 3.96. The molecule has 0 spiro atoms. The van der Waals surface area contributed by atoms with Crippen molar-refractivity contribution in [2.75, 3.05) is 26.2 Å². The molecular formula is C23H26N2S. The van der Waals surface area contributed by atoms with E-state index in [1.54, 1.807) is 0 Å². The van der Waals surface area contributed by atoms with E-state index in [1.807, 2.05) is 11.3 Å². The molecule has 2 nitrogen and oxygen atoms in total. The second-order valence-electron chi connectivity index (χ2n) is 6.98. The molecule has 0 amide bonds. The quantitative estimate of drug-likeness (QED) is 0.694. The highest BCUT2D eigenvalue weighted by Gasteiger charge is 2.24. The van der Waals surface area contributed by atoms with E-state index in [0.29, 0.717) is 6.04 Å². The van der Waals surface area contributed by atoms with Crippen LogP contribution in [-0.4, -0.2) is 31.1 Å². The molecular weight excluding hydrogens is 336 g/mol. The normalized spacial score (nSPS) is 17.0. The molecule has 3 aromatic rings. The van der Waals surface area contributed by atoms with Crippen LogP contribution in [0.25, 0.3) is 11.1 Å². The minimum absolute atomic E-state index is 0.360. The molecule has 1 aliphatic heterocycles. The molecule has 2 aromatic carbocycles. The lowest BCUT2D eigenvalue weighted by molar-refractivity contribution is 0.244. The van der Waals surface area contributed by atoms with Gasteiger partial charge in [0.05, 0.1) is 6.04 Å². The lowest BCUT2D eigenvalue weighted by Crippen LogP contribution is -2.32. The average molecular weight is 363 g/mol. The minimum atomic E-state index is 0.360. The third-order valence-corrected chi connectivity index (χ3v) is 6.16. The van der Waals surface area contributed by atoms with Crippen molar-refractivity contribution in [1.82, 2.24) is 10.2 Å². The van der Waals surface area contributed by atoms with Crippen molar-refractivity contribution >= 4 is 11.3 Å². The fourth-order valence-electron chi connectivity index (χ4n) is 3.77. The van der Waals surface area contributed by atoms with Gasteiger partial charge in [0.2, 0.25) is 0 Å². The highest BCUT2D eigenvalue weighted by Crippen LogP contribution is 2.34. The number of hydrogen-bond donors (Lipinski definition) is 1. The zero-order valence-corrected chi connectivity index (χ0v) is 16.1. The minimum Gasteiger partial charge on any atom is -0.315 e. The predicted molar refractivity (Wildman–Crippen MR) is 112 cm³/mol. The maximum absolute atomic E-state index is 3.53. The molecule has 1 saturated heterocycles. The van der Waals surface area contributed by atoms with Gasteiger partial charge in [-0.15, -0.1) is 11.3 Å². The van der Waals surface area contributed by atoms with Crippen molar-refractivity contribution in [3.63, 3.8) is 0 Å². The van der Waals surface area contributed by atoms with E-state index in [0.717, 1.165) is 26.2 Å². The lowest BCUT2D eigenvalue weighted by atomic mass is 9.98. The number of rotatable bonds is 4. The zero-order chi connectivity index (χ0) is 17.8. The molecule has 26 heavy (non-hydrogen) atoms. The fourth-order valence-corrected chi connectivity index (χ4v) is 4.81. The lowest BCUT2D eigenvalue weighted by Gasteiger charge is -2.30.